The molecule has 1 N–H and O–H groups in total. The second kappa shape index (κ2) is 11.0. The highest BCUT2D eigenvalue weighted by molar-refractivity contribution is 5.79. The minimum absolute atomic E-state index is 0.0202. The Morgan fingerprint density at radius 2 is 1.97 bits per heavy atom. The first-order valence-electron chi connectivity index (χ1n) is 13.0. The van der Waals surface area contributed by atoms with Crippen molar-refractivity contribution in [1.29, 1.82) is 0 Å². The van der Waals surface area contributed by atoms with Gasteiger partial charge >= 0.3 is 0 Å². The molecule has 35 heavy (non-hydrogen) atoms. The van der Waals surface area contributed by atoms with Gasteiger partial charge in [-0.3, -0.25) is 9.69 Å². The smallest absolute Gasteiger partial charge is 0.252 e. The monoisotopic (exact) mass is 480 g/mol. The zero-order chi connectivity index (χ0) is 24.2. The van der Waals surface area contributed by atoms with Crippen LogP contribution in [0.4, 0.5) is 0 Å². The van der Waals surface area contributed by atoms with Crippen LogP contribution in [0, 0.1) is 6.92 Å². The number of rotatable bonds is 10. The van der Waals surface area contributed by atoms with Crippen molar-refractivity contribution in [2.75, 3.05) is 19.8 Å². The summed E-state index contributed by atoms with van der Waals surface area (Å²) >= 11 is 0. The average Bonchev–Trinajstić information content (AvgIpc) is 3.62. The molecule has 0 unspecified atom stereocenters. The Labute approximate surface area is 205 Å². The van der Waals surface area contributed by atoms with E-state index in [-0.39, 0.29) is 23.8 Å². The first kappa shape index (κ1) is 24.1. The molecule has 9 nitrogen and oxygen atoms in total. The Morgan fingerprint density at radius 1 is 1.17 bits per heavy atom. The fourth-order valence-electron chi connectivity index (χ4n) is 5.37. The maximum absolute atomic E-state index is 13.1. The summed E-state index contributed by atoms with van der Waals surface area (Å²) in [5.74, 6) is 0.841. The predicted octanol–water partition coefficient (Wildman–Crippen LogP) is 3.52. The van der Waals surface area contributed by atoms with Gasteiger partial charge in [-0.25, -0.2) is 4.68 Å². The summed E-state index contributed by atoms with van der Waals surface area (Å²) in [6.07, 6.45) is 6.39. The molecular weight excluding hydrogens is 444 g/mol. The number of tetrazole rings is 1. The van der Waals surface area contributed by atoms with E-state index in [2.05, 4.69) is 45.3 Å². The lowest BCUT2D eigenvalue weighted by atomic mass is 10.0. The first-order valence-corrected chi connectivity index (χ1v) is 13.0. The van der Waals surface area contributed by atoms with Crippen molar-refractivity contribution in [3.63, 3.8) is 0 Å². The topological polar surface area (TPSA) is 98.2 Å². The van der Waals surface area contributed by atoms with E-state index >= 15 is 0 Å². The molecule has 2 aliphatic heterocycles. The predicted molar refractivity (Wildman–Crippen MR) is 133 cm³/mol. The van der Waals surface area contributed by atoms with Crippen molar-refractivity contribution in [1.82, 2.24) is 30.1 Å². The summed E-state index contributed by atoms with van der Waals surface area (Å²) in [7, 11) is 0. The molecule has 0 radical (unpaired) electrons. The van der Waals surface area contributed by atoms with Gasteiger partial charge in [-0.2, -0.15) is 0 Å². The summed E-state index contributed by atoms with van der Waals surface area (Å²) in [6, 6.07) is 8.12. The lowest BCUT2D eigenvalue weighted by molar-refractivity contribution is 0.0457. The number of benzene rings is 1. The fraction of sp³-hybridized carbons (Fsp3) is 0.615. The molecular formula is C26H36N6O3. The van der Waals surface area contributed by atoms with E-state index < -0.39 is 0 Å². The molecule has 0 spiro atoms. The van der Waals surface area contributed by atoms with Crippen LogP contribution < -0.4 is 5.56 Å². The normalized spacial score (nSPS) is 21.3. The van der Waals surface area contributed by atoms with Crippen LogP contribution in [-0.2, 0) is 22.6 Å². The zero-order valence-electron chi connectivity index (χ0n) is 20.8. The van der Waals surface area contributed by atoms with Crippen LogP contribution in [0.2, 0.25) is 0 Å². The lowest BCUT2D eigenvalue weighted by Gasteiger charge is -2.32. The van der Waals surface area contributed by atoms with Gasteiger partial charge in [0, 0.05) is 37.4 Å². The van der Waals surface area contributed by atoms with Gasteiger partial charge in [-0.05, 0) is 73.0 Å². The average molecular weight is 481 g/mol. The molecule has 0 aliphatic carbocycles. The Morgan fingerprint density at radius 3 is 2.71 bits per heavy atom. The number of aromatic amines is 1. The van der Waals surface area contributed by atoms with E-state index in [0.29, 0.717) is 13.1 Å². The Balaban J connectivity index is 1.47. The molecule has 2 aliphatic rings. The lowest BCUT2D eigenvalue weighted by Crippen LogP contribution is -2.38. The first-order chi connectivity index (χ1) is 17.1. The van der Waals surface area contributed by atoms with E-state index in [0.717, 1.165) is 80.6 Å². The number of hydrogen-bond acceptors (Lipinski definition) is 7. The molecule has 3 aromatic rings. The summed E-state index contributed by atoms with van der Waals surface area (Å²) in [6.45, 7) is 7.75. The number of hydrogen-bond donors (Lipinski definition) is 1. The van der Waals surface area contributed by atoms with Crippen LogP contribution in [0.25, 0.3) is 10.9 Å². The number of ether oxygens (including phenoxy) is 2. The van der Waals surface area contributed by atoms with E-state index in [9.17, 15) is 4.79 Å². The van der Waals surface area contributed by atoms with Crippen LogP contribution in [0.3, 0.4) is 0 Å². The van der Waals surface area contributed by atoms with Crippen LogP contribution in [0.5, 0.6) is 0 Å². The molecule has 2 saturated heterocycles. The SMILES string of the molecule is CCC[C@@H](c1nnnn1C[C@@H]1CCCO1)N(Cc1cc2cc(C)ccc2[nH]c1=O)C[C@@H]1CCCO1. The fourth-order valence-corrected chi connectivity index (χ4v) is 5.37. The second-order valence-corrected chi connectivity index (χ2v) is 9.94. The number of H-pyrrole nitrogens is 1. The van der Waals surface area contributed by atoms with Gasteiger partial charge in [0.25, 0.3) is 5.56 Å². The van der Waals surface area contributed by atoms with Gasteiger partial charge in [0.05, 0.1) is 24.8 Å². The van der Waals surface area contributed by atoms with Gasteiger partial charge in [0.15, 0.2) is 5.82 Å². The molecule has 5 rings (SSSR count). The zero-order valence-corrected chi connectivity index (χ0v) is 20.8. The van der Waals surface area contributed by atoms with Gasteiger partial charge < -0.3 is 14.5 Å². The van der Waals surface area contributed by atoms with Gasteiger partial charge in [-0.1, -0.05) is 25.0 Å². The molecule has 0 amide bonds. The van der Waals surface area contributed by atoms with Crippen molar-refractivity contribution in [3.8, 4) is 0 Å². The van der Waals surface area contributed by atoms with E-state index in [1.807, 2.05) is 22.9 Å². The third kappa shape index (κ3) is 5.63. The van der Waals surface area contributed by atoms with E-state index in [4.69, 9.17) is 9.47 Å². The van der Waals surface area contributed by atoms with Gasteiger partial charge in [-0.15, -0.1) is 5.10 Å². The number of aryl methyl sites for hydroxylation is 1. The van der Waals surface area contributed by atoms with Crippen LogP contribution >= 0.6 is 0 Å². The van der Waals surface area contributed by atoms with E-state index in [1.54, 1.807) is 0 Å². The quantitative estimate of drug-likeness (QED) is 0.474. The maximum atomic E-state index is 13.1. The van der Waals surface area contributed by atoms with Gasteiger partial charge in [0.1, 0.15) is 0 Å². The van der Waals surface area contributed by atoms with Crippen molar-refractivity contribution in [3.05, 3.63) is 51.6 Å². The molecule has 2 aromatic heterocycles. The molecule has 3 atom stereocenters. The number of nitrogens with zero attached hydrogens (tertiary/aromatic N) is 5. The highest BCUT2D eigenvalue weighted by Crippen LogP contribution is 2.29. The molecule has 9 heteroatoms. The Hall–Kier alpha value is -2.62. The highest BCUT2D eigenvalue weighted by atomic mass is 16.5. The third-order valence-corrected chi connectivity index (χ3v) is 7.17. The molecule has 1 aromatic carbocycles. The maximum Gasteiger partial charge on any atom is 0.252 e. The van der Waals surface area contributed by atoms with Gasteiger partial charge in [0.2, 0.25) is 0 Å². The summed E-state index contributed by atoms with van der Waals surface area (Å²) in [5.41, 5.74) is 2.73. The largest absolute Gasteiger partial charge is 0.377 e. The molecule has 4 heterocycles. The van der Waals surface area contributed by atoms with Crippen molar-refractivity contribution in [2.45, 2.75) is 83.7 Å². The summed E-state index contributed by atoms with van der Waals surface area (Å²) in [5, 5.41) is 13.9. The van der Waals surface area contributed by atoms with Crippen molar-refractivity contribution < 1.29 is 9.47 Å². The third-order valence-electron chi connectivity index (χ3n) is 7.17. The number of aromatic nitrogens is 5. The Kier molecular flexibility index (Phi) is 7.55. The highest BCUT2D eigenvalue weighted by Gasteiger charge is 2.31. The molecule has 0 bridgehead atoms. The van der Waals surface area contributed by atoms with Crippen LogP contribution in [0.1, 0.15) is 68.4 Å². The molecule has 0 saturated carbocycles. The summed E-state index contributed by atoms with van der Waals surface area (Å²) < 4.78 is 13.8. The standard InChI is InChI=1S/C26H36N6O3/c1-3-6-24(25-28-29-30-32(25)17-22-8-5-12-35-22)31(16-21-7-4-11-34-21)15-20-14-19-13-18(2)9-10-23(19)27-26(20)33/h9-10,13-14,21-22,24H,3-8,11-12,15-17H2,1-2H3,(H,27,33)/t21-,22-,24-/m0/s1. The van der Waals surface area contributed by atoms with Crippen LogP contribution in [0.15, 0.2) is 29.1 Å². The van der Waals surface area contributed by atoms with Crippen molar-refractivity contribution in [2.24, 2.45) is 0 Å². The number of fused-ring (bicyclic) bond motifs is 1. The van der Waals surface area contributed by atoms with Crippen LogP contribution in [-0.4, -0.2) is 62.1 Å². The molecule has 2 fully saturated rings. The number of pyridine rings is 1. The van der Waals surface area contributed by atoms with E-state index in [1.165, 1.54) is 5.56 Å². The van der Waals surface area contributed by atoms with Crippen molar-refractivity contribution >= 4 is 10.9 Å². The summed E-state index contributed by atoms with van der Waals surface area (Å²) in [4.78, 5) is 18.5. The molecule has 188 valence electrons. The second-order valence-electron chi connectivity index (χ2n) is 9.94. The minimum Gasteiger partial charge on any atom is -0.377 e. The number of nitrogens with one attached hydrogen (secondary N) is 1. The Bertz CT molecular complexity index is 1180. The minimum atomic E-state index is -0.0483.